The van der Waals surface area contributed by atoms with Crippen molar-refractivity contribution >= 4 is 5.91 Å². The molecule has 1 unspecified atom stereocenters. The van der Waals surface area contributed by atoms with Crippen molar-refractivity contribution in [1.29, 1.82) is 0 Å². The summed E-state index contributed by atoms with van der Waals surface area (Å²) in [5, 5.41) is 9.47. The number of carbonyl (C=O) groups excluding carboxylic acids is 1. The summed E-state index contributed by atoms with van der Waals surface area (Å²) in [4.78, 5) is 11.9. The first-order valence-electron chi connectivity index (χ1n) is 5.54. The molecule has 0 saturated carbocycles. The summed E-state index contributed by atoms with van der Waals surface area (Å²) in [5.41, 5.74) is 2.45. The SMILES string of the molecule is Cc1cn[nH]c1C(=O)NC(C)c1ccccc1. The molecule has 17 heavy (non-hydrogen) atoms. The molecular weight excluding hydrogens is 214 g/mol. The van der Waals surface area contributed by atoms with Gasteiger partial charge >= 0.3 is 0 Å². The molecular formula is C13H15N3O. The van der Waals surface area contributed by atoms with E-state index in [1.165, 1.54) is 0 Å². The molecule has 0 saturated heterocycles. The van der Waals surface area contributed by atoms with E-state index in [4.69, 9.17) is 0 Å². The third-order valence-corrected chi connectivity index (χ3v) is 2.70. The Kier molecular flexibility index (Phi) is 3.23. The maximum absolute atomic E-state index is 11.9. The Bertz CT molecular complexity index is 504. The number of nitrogens with zero attached hydrogens (tertiary/aromatic N) is 1. The zero-order valence-electron chi connectivity index (χ0n) is 9.90. The molecule has 2 N–H and O–H groups in total. The molecule has 1 aromatic heterocycles. The first-order valence-corrected chi connectivity index (χ1v) is 5.54. The second-order valence-electron chi connectivity index (χ2n) is 4.03. The van der Waals surface area contributed by atoms with Crippen LogP contribution in [-0.2, 0) is 0 Å². The van der Waals surface area contributed by atoms with Crippen LogP contribution in [-0.4, -0.2) is 16.1 Å². The molecule has 0 aliphatic heterocycles. The quantitative estimate of drug-likeness (QED) is 0.847. The Balaban J connectivity index is 2.08. The molecule has 0 bridgehead atoms. The number of hydrogen-bond donors (Lipinski definition) is 2. The number of carbonyl (C=O) groups is 1. The molecule has 1 atom stereocenters. The lowest BCUT2D eigenvalue weighted by Gasteiger charge is -2.13. The van der Waals surface area contributed by atoms with Gasteiger partial charge in [0, 0.05) is 0 Å². The van der Waals surface area contributed by atoms with Crippen LogP contribution in [0.4, 0.5) is 0 Å². The molecule has 0 radical (unpaired) electrons. The highest BCUT2D eigenvalue weighted by Gasteiger charge is 2.14. The molecule has 2 aromatic rings. The molecule has 1 amide bonds. The molecule has 0 aliphatic rings. The molecule has 1 aromatic carbocycles. The summed E-state index contributed by atoms with van der Waals surface area (Å²) >= 11 is 0. The van der Waals surface area contributed by atoms with Crippen molar-refractivity contribution in [3.8, 4) is 0 Å². The van der Waals surface area contributed by atoms with Crippen molar-refractivity contribution < 1.29 is 4.79 Å². The van der Waals surface area contributed by atoms with Crippen molar-refractivity contribution in [1.82, 2.24) is 15.5 Å². The fourth-order valence-electron chi connectivity index (χ4n) is 1.67. The van der Waals surface area contributed by atoms with E-state index in [9.17, 15) is 4.79 Å². The van der Waals surface area contributed by atoms with Gasteiger partial charge < -0.3 is 5.32 Å². The highest BCUT2D eigenvalue weighted by Crippen LogP contribution is 2.12. The van der Waals surface area contributed by atoms with E-state index in [1.54, 1.807) is 6.20 Å². The summed E-state index contributed by atoms with van der Waals surface area (Å²) in [5.74, 6) is -0.128. The van der Waals surface area contributed by atoms with Gasteiger partial charge in [0.2, 0.25) is 0 Å². The summed E-state index contributed by atoms with van der Waals surface area (Å²) in [6.07, 6.45) is 1.64. The zero-order valence-corrected chi connectivity index (χ0v) is 9.90. The van der Waals surface area contributed by atoms with E-state index in [0.29, 0.717) is 5.69 Å². The largest absolute Gasteiger partial charge is 0.344 e. The van der Waals surface area contributed by atoms with Crippen molar-refractivity contribution in [2.75, 3.05) is 0 Å². The van der Waals surface area contributed by atoms with Gasteiger partial charge in [-0.1, -0.05) is 30.3 Å². The fourth-order valence-corrected chi connectivity index (χ4v) is 1.67. The Hall–Kier alpha value is -2.10. The smallest absolute Gasteiger partial charge is 0.270 e. The van der Waals surface area contributed by atoms with E-state index in [1.807, 2.05) is 44.2 Å². The van der Waals surface area contributed by atoms with Crippen LogP contribution in [0.2, 0.25) is 0 Å². The number of H-pyrrole nitrogens is 1. The van der Waals surface area contributed by atoms with Crippen LogP contribution in [0.15, 0.2) is 36.5 Å². The topological polar surface area (TPSA) is 57.8 Å². The van der Waals surface area contributed by atoms with Gasteiger partial charge in [-0.05, 0) is 25.0 Å². The van der Waals surface area contributed by atoms with Gasteiger partial charge in [-0.3, -0.25) is 9.89 Å². The van der Waals surface area contributed by atoms with Gasteiger partial charge in [-0.25, -0.2) is 0 Å². The minimum atomic E-state index is -0.128. The standard InChI is InChI=1S/C13H15N3O/c1-9-8-14-16-12(9)13(17)15-10(2)11-6-4-3-5-7-11/h3-8,10H,1-2H3,(H,14,16)(H,15,17). The average molecular weight is 229 g/mol. The van der Waals surface area contributed by atoms with Crippen LogP contribution in [0, 0.1) is 6.92 Å². The number of rotatable bonds is 3. The number of hydrogen-bond acceptors (Lipinski definition) is 2. The van der Waals surface area contributed by atoms with Crippen LogP contribution in [0.5, 0.6) is 0 Å². The van der Waals surface area contributed by atoms with Crippen LogP contribution in [0.25, 0.3) is 0 Å². The minimum absolute atomic E-state index is 0.0219. The summed E-state index contributed by atoms with van der Waals surface area (Å²) in [7, 11) is 0. The molecule has 0 aliphatic carbocycles. The zero-order chi connectivity index (χ0) is 12.3. The van der Waals surface area contributed by atoms with Gasteiger partial charge in [0.1, 0.15) is 5.69 Å². The molecule has 4 heteroatoms. The Labute approximate surface area is 100 Å². The second-order valence-corrected chi connectivity index (χ2v) is 4.03. The van der Waals surface area contributed by atoms with E-state index < -0.39 is 0 Å². The third kappa shape index (κ3) is 2.53. The lowest BCUT2D eigenvalue weighted by molar-refractivity contribution is 0.0934. The van der Waals surface area contributed by atoms with Crippen LogP contribution in [0.3, 0.4) is 0 Å². The first kappa shape index (κ1) is 11.4. The molecule has 4 nitrogen and oxygen atoms in total. The van der Waals surface area contributed by atoms with Gasteiger partial charge in [0.25, 0.3) is 5.91 Å². The van der Waals surface area contributed by atoms with Crippen molar-refractivity contribution in [3.63, 3.8) is 0 Å². The number of benzene rings is 1. The highest BCUT2D eigenvalue weighted by molar-refractivity contribution is 5.93. The number of aromatic nitrogens is 2. The third-order valence-electron chi connectivity index (χ3n) is 2.70. The maximum atomic E-state index is 11.9. The number of aryl methyl sites for hydroxylation is 1. The van der Waals surface area contributed by atoms with E-state index in [0.717, 1.165) is 11.1 Å². The minimum Gasteiger partial charge on any atom is -0.344 e. The van der Waals surface area contributed by atoms with Gasteiger partial charge in [0.05, 0.1) is 12.2 Å². The Morgan fingerprint density at radius 1 is 1.35 bits per heavy atom. The van der Waals surface area contributed by atoms with E-state index in [2.05, 4.69) is 15.5 Å². The van der Waals surface area contributed by atoms with Gasteiger partial charge in [-0.2, -0.15) is 5.10 Å². The maximum Gasteiger partial charge on any atom is 0.270 e. The molecule has 1 heterocycles. The molecule has 0 spiro atoms. The fraction of sp³-hybridized carbons (Fsp3) is 0.231. The normalized spacial score (nSPS) is 12.1. The van der Waals surface area contributed by atoms with Crippen LogP contribution in [0.1, 0.15) is 34.6 Å². The lowest BCUT2D eigenvalue weighted by atomic mass is 10.1. The molecule has 2 rings (SSSR count). The van der Waals surface area contributed by atoms with E-state index in [-0.39, 0.29) is 11.9 Å². The Morgan fingerprint density at radius 3 is 2.65 bits per heavy atom. The molecule has 88 valence electrons. The second kappa shape index (κ2) is 4.82. The van der Waals surface area contributed by atoms with Crippen molar-refractivity contribution in [3.05, 3.63) is 53.3 Å². The van der Waals surface area contributed by atoms with Crippen molar-refractivity contribution in [2.24, 2.45) is 0 Å². The number of nitrogens with one attached hydrogen (secondary N) is 2. The van der Waals surface area contributed by atoms with Crippen molar-refractivity contribution in [2.45, 2.75) is 19.9 Å². The van der Waals surface area contributed by atoms with E-state index >= 15 is 0 Å². The predicted octanol–water partition coefficient (Wildman–Crippen LogP) is 2.21. The van der Waals surface area contributed by atoms with Crippen LogP contribution >= 0.6 is 0 Å². The van der Waals surface area contributed by atoms with Gasteiger partial charge in [-0.15, -0.1) is 0 Å². The molecule has 0 fully saturated rings. The Morgan fingerprint density at radius 2 is 2.06 bits per heavy atom. The van der Waals surface area contributed by atoms with Crippen LogP contribution < -0.4 is 5.32 Å². The summed E-state index contributed by atoms with van der Waals surface area (Å²) in [6, 6.07) is 9.83. The number of amides is 1. The summed E-state index contributed by atoms with van der Waals surface area (Å²) < 4.78 is 0. The average Bonchev–Trinajstić information content (AvgIpc) is 2.76. The monoisotopic (exact) mass is 229 g/mol. The lowest BCUT2D eigenvalue weighted by Crippen LogP contribution is -2.27. The van der Waals surface area contributed by atoms with Gasteiger partial charge in [0.15, 0.2) is 0 Å². The highest BCUT2D eigenvalue weighted by atomic mass is 16.2. The summed E-state index contributed by atoms with van der Waals surface area (Å²) in [6.45, 7) is 3.81. The predicted molar refractivity (Wildman–Crippen MR) is 65.6 cm³/mol. The number of aromatic amines is 1. The first-order chi connectivity index (χ1) is 8.18.